The summed E-state index contributed by atoms with van der Waals surface area (Å²) in [6.45, 7) is 2.32. The predicted molar refractivity (Wildman–Crippen MR) is 76.6 cm³/mol. The van der Waals surface area contributed by atoms with Crippen molar-refractivity contribution in [2.75, 3.05) is 19.8 Å². The standard InChI is InChI=1S/C14H19BrF3NO/c1-2-6-19-13(5-7-20-9-14(17)18)11-8-10(15)3-4-12(11)16/h3-4,8,13-14,19H,2,5-7,9H2,1H3. The smallest absolute Gasteiger partial charge is 0.261 e. The SMILES string of the molecule is CCCNC(CCOCC(F)F)c1cc(Br)ccc1F. The summed E-state index contributed by atoms with van der Waals surface area (Å²) >= 11 is 3.31. The van der Waals surface area contributed by atoms with Crippen LogP contribution in [0.25, 0.3) is 0 Å². The van der Waals surface area contributed by atoms with Gasteiger partial charge in [0.1, 0.15) is 12.4 Å². The Labute approximate surface area is 125 Å². The molecule has 0 saturated heterocycles. The number of hydrogen-bond acceptors (Lipinski definition) is 2. The van der Waals surface area contributed by atoms with Crippen LogP contribution in [0.4, 0.5) is 13.2 Å². The maximum atomic E-state index is 13.9. The summed E-state index contributed by atoms with van der Waals surface area (Å²) < 4.78 is 43.5. The number of nitrogens with one attached hydrogen (secondary N) is 1. The second-order valence-corrected chi connectivity index (χ2v) is 5.34. The summed E-state index contributed by atoms with van der Waals surface area (Å²) in [4.78, 5) is 0. The van der Waals surface area contributed by atoms with Gasteiger partial charge in [-0.3, -0.25) is 0 Å². The Morgan fingerprint density at radius 3 is 2.75 bits per heavy atom. The Morgan fingerprint density at radius 2 is 2.10 bits per heavy atom. The molecule has 1 atom stereocenters. The Balaban J connectivity index is 2.65. The van der Waals surface area contributed by atoms with E-state index in [1.807, 2.05) is 6.92 Å². The third-order valence-electron chi connectivity index (χ3n) is 2.77. The van der Waals surface area contributed by atoms with Gasteiger partial charge in [0.15, 0.2) is 0 Å². The number of benzene rings is 1. The van der Waals surface area contributed by atoms with Crippen LogP contribution in [0.1, 0.15) is 31.4 Å². The summed E-state index contributed by atoms with van der Waals surface area (Å²) in [5.74, 6) is -0.310. The lowest BCUT2D eigenvalue weighted by Gasteiger charge is -2.20. The molecule has 0 aliphatic rings. The number of rotatable bonds is 9. The molecule has 20 heavy (non-hydrogen) atoms. The van der Waals surface area contributed by atoms with Crippen molar-refractivity contribution in [1.29, 1.82) is 0 Å². The van der Waals surface area contributed by atoms with Crippen LogP contribution < -0.4 is 5.32 Å². The molecule has 0 heterocycles. The molecule has 1 rings (SSSR count). The lowest BCUT2D eigenvalue weighted by molar-refractivity contribution is 0.0143. The van der Waals surface area contributed by atoms with Crippen LogP contribution in [0, 0.1) is 5.82 Å². The number of alkyl halides is 2. The summed E-state index contributed by atoms with van der Waals surface area (Å²) in [5, 5.41) is 3.21. The van der Waals surface area contributed by atoms with E-state index in [1.54, 1.807) is 12.1 Å². The van der Waals surface area contributed by atoms with Gasteiger partial charge in [0.25, 0.3) is 6.43 Å². The molecule has 1 unspecified atom stereocenters. The molecule has 1 aromatic carbocycles. The van der Waals surface area contributed by atoms with Crippen molar-refractivity contribution in [3.63, 3.8) is 0 Å². The minimum absolute atomic E-state index is 0.164. The molecular weight excluding hydrogens is 335 g/mol. The van der Waals surface area contributed by atoms with E-state index >= 15 is 0 Å². The molecule has 0 radical (unpaired) electrons. The predicted octanol–water partition coefficient (Wildman–Crippen LogP) is 4.30. The monoisotopic (exact) mass is 353 g/mol. The van der Waals surface area contributed by atoms with E-state index in [9.17, 15) is 13.2 Å². The van der Waals surface area contributed by atoms with Gasteiger partial charge in [-0.25, -0.2) is 13.2 Å². The van der Waals surface area contributed by atoms with Crippen molar-refractivity contribution in [2.45, 2.75) is 32.2 Å². The van der Waals surface area contributed by atoms with E-state index in [0.29, 0.717) is 12.0 Å². The molecule has 2 nitrogen and oxygen atoms in total. The molecule has 0 aromatic heterocycles. The van der Waals surface area contributed by atoms with E-state index in [0.717, 1.165) is 17.4 Å². The number of hydrogen-bond donors (Lipinski definition) is 1. The van der Waals surface area contributed by atoms with E-state index < -0.39 is 13.0 Å². The fourth-order valence-corrected chi connectivity index (χ4v) is 2.22. The highest BCUT2D eigenvalue weighted by molar-refractivity contribution is 9.10. The normalized spacial score (nSPS) is 12.9. The van der Waals surface area contributed by atoms with Crippen molar-refractivity contribution in [1.82, 2.24) is 5.32 Å². The lowest BCUT2D eigenvalue weighted by atomic mass is 10.0. The maximum Gasteiger partial charge on any atom is 0.261 e. The molecule has 0 aliphatic heterocycles. The summed E-state index contributed by atoms with van der Waals surface area (Å²) in [6.07, 6.45) is -1.12. The first-order valence-corrected chi connectivity index (χ1v) is 7.38. The Hall–Kier alpha value is -0.590. The summed E-state index contributed by atoms with van der Waals surface area (Å²) in [5.41, 5.74) is 0.522. The Kier molecular flexibility index (Phi) is 8.18. The highest BCUT2D eigenvalue weighted by atomic mass is 79.9. The molecule has 0 amide bonds. The second kappa shape index (κ2) is 9.37. The zero-order chi connectivity index (χ0) is 15.0. The molecule has 0 saturated carbocycles. The fraction of sp³-hybridized carbons (Fsp3) is 0.571. The van der Waals surface area contributed by atoms with E-state index in [2.05, 4.69) is 21.2 Å². The zero-order valence-corrected chi connectivity index (χ0v) is 12.9. The second-order valence-electron chi connectivity index (χ2n) is 4.43. The van der Waals surface area contributed by atoms with Crippen molar-refractivity contribution in [2.24, 2.45) is 0 Å². The number of ether oxygens (including phenoxy) is 1. The summed E-state index contributed by atoms with van der Waals surface area (Å²) in [6, 6.07) is 4.48. The van der Waals surface area contributed by atoms with Crippen LogP contribution in [0.3, 0.4) is 0 Å². The van der Waals surface area contributed by atoms with Gasteiger partial charge in [-0.1, -0.05) is 22.9 Å². The third kappa shape index (κ3) is 6.24. The molecule has 6 heteroatoms. The Morgan fingerprint density at radius 1 is 1.35 bits per heavy atom. The van der Waals surface area contributed by atoms with Gasteiger partial charge in [-0.05, 0) is 37.6 Å². The molecule has 0 aliphatic carbocycles. The van der Waals surface area contributed by atoms with Crippen LogP contribution in [-0.2, 0) is 4.74 Å². The van der Waals surface area contributed by atoms with Gasteiger partial charge in [0, 0.05) is 22.7 Å². The summed E-state index contributed by atoms with van der Waals surface area (Å²) in [7, 11) is 0. The van der Waals surface area contributed by atoms with Crippen LogP contribution in [-0.4, -0.2) is 26.2 Å². The van der Waals surface area contributed by atoms with Crippen LogP contribution in [0.5, 0.6) is 0 Å². The molecule has 0 spiro atoms. The fourth-order valence-electron chi connectivity index (χ4n) is 1.84. The highest BCUT2D eigenvalue weighted by Gasteiger charge is 2.16. The maximum absolute atomic E-state index is 13.9. The van der Waals surface area contributed by atoms with E-state index in [1.165, 1.54) is 6.07 Å². The minimum Gasteiger partial charge on any atom is -0.375 e. The largest absolute Gasteiger partial charge is 0.375 e. The van der Waals surface area contributed by atoms with E-state index in [4.69, 9.17) is 4.74 Å². The first-order valence-electron chi connectivity index (χ1n) is 6.58. The van der Waals surface area contributed by atoms with Crippen molar-refractivity contribution in [3.05, 3.63) is 34.1 Å². The van der Waals surface area contributed by atoms with Gasteiger partial charge in [0.2, 0.25) is 0 Å². The molecule has 0 bridgehead atoms. The average Bonchev–Trinajstić information content (AvgIpc) is 2.41. The lowest BCUT2D eigenvalue weighted by Crippen LogP contribution is -2.24. The van der Waals surface area contributed by atoms with Crippen molar-refractivity contribution < 1.29 is 17.9 Å². The first-order chi connectivity index (χ1) is 9.54. The van der Waals surface area contributed by atoms with Crippen molar-refractivity contribution >= 4 is 15.9 Å². The minimum atomic E-state index is -2.47. The molecule has 1 N–H and O–H groups in total. The van der Waals surface area contributed by atoms with Crippen molar-refractivity contribution in [3.8, 4) is 0 Å². The number of halogens is 4. The topological polar surface area (TPSA) is 21.3 Å². The van der Waals surface area contributed by atoms with Gasteiger partial charge in [-0.2, -0.15) is 0 Å². The molecule has 0 fully saturated rings. The third-order valence-corrected chi connectivity index (χ3v) is 3.26. The highest BCUT2D eigenvalue weighted by Crippen LogP contribution is 2.24. The van der Waals surface area contributed by atoms with Gasteiger partial charge in [-0.15, -0.1) is 0 Å². The average molecular weight is 354 g/mol. The van der Waals surface area contributed by atoms with Gasteiger partial charge in [0.05, 0.1) is 0 Å². The van der Waals surface area contributed by atoms with Gasteiger partial charge >= 0.3 is 0 Å². The molecule has 114 valence electrons. The first kappa shape index (κ1) is 17.5. The van der Waals surface area contributed by atoms with Gasteiger partial charge < -0.3 is 10.1 Å². The van der Waals surface area contributed by atoms with Crippen LogP contribution >= 0.6 is 15.9 Å². The van der Waals surface area contributed by atoms with E-state index in [-0.39, 0.29) is 18.5 Å². The molecular formula is C14H19BrF3NO. The van der Waals surface area contributed by atoms with Crippen LogP contribution in [0.15, 0.2) is 22.7 Å². The Bertz CT molecular complexity index is 404. The quantitative estimate of drug-likeness (QED) is 0.668. The van der Waals surface area contributed by atoms with Crippen LogP contribution in [0.2, 0.25) is 0 Å². The molecule has 1 aromatic rings. The zero-order valence-electron chi connectivity index (χ0n) is 11.3.